The number of carboxylic acid groups (broad SMARTS) is 2. The third kappa shape index (κ3) is 2.59. The van der Waals surface area contributed by atoms with E-state index in [9.17, 15) is 9.59 Å². The molecule has 0 amide bonds. The van der Waals surface area contributed by atoms with E-state index < -0.39 is 17.9 Å². The second kappa shape index (κ2) is 4.28. The molecule has 1 aromatic heterocycles. The van der Waals surface area contributed by atoms with Crippen LogP contribution in [0.25, 0.3) is 0 Å². The second-order valence-electron chi connectivity index (χ2n) is 2.64. The maximum atomic E-state index is 10.5. The number of hydrogen-bond acceptors (Lipinski definition) is 3. The molecule has 0 spiro atoms. The number of rotatable bonds is 4. The smallest absolute Gasteiger partial charge is 0.318 e. The van der Waals surface area contributed by atoms with Crippen LogP contribution >= 0.6 is 15.9 Å². The van der Waals surface area contributed by atoms with Gasteiger partial charge in [0.15, 0.2) is 10.6 Å². The molecule has 6 heteroatoms. The molecular formula is C8H7BrO5. The van der Waals surface area contributed by atoms with Gasteiger partial charge in [-0.1, -0.05) is 0 Å². The van der Waals surface area contributed by atoms with Crippen molar-refractivity contribution in [1.82, 2.24) is 0 Å². The molecule has 0 aliphatic carbocycles. The predicted molar refractivity (Wildman–Crippen MR) is 48.9 cm³/mol. The van der Waals surface area contributed by atoms with Crippen LogP contribution in [0.4, 0.5) is 0 Å². The third-order valence-corrected chi connectivity index (χ3v) is 2.06. The lowest BCUT2D eigenvalue weighted by Gasteiger charge is -2.03. The van der Waals surface area contributed by atoms with E-state index in [0.717, 1.165) is 0 Å². The quantitative estimate of drug-likeness (QED) is 0.801. The number of carbonyl (C=O) groups is 2. The molecule has 76 valence electrons. The van der Waals surface area contributed by atoms with Crippen molar-refractivity contribution in [3.63, 3.8) is 0 Å². The Bertz CT molecular complexity index is 342. The Labute approximate surface area is 87.5 Å². The van der Waals surface area contributed by atoms with E-state index in [1.807, 2.05) is 0 Å². The highest BCUT2D eigenvalue weighted by Crippen LogP contribution is 2.17. The van der Waals surface area contributed by atoms with Crippen LogP contribution in [0.1, 0.15) is 5.76 Å². The molecule has 0 fully saturated rings. The van der Waals surface area contributed by atoms with Crippen LogP contribution in [0, 0.1) is 5.92 Å². The Kier molecular flexibility index (Phi) is 3.29. The average Bonchev–Trinajstić information content (AvgIpc) is 2.46. The Morgan fingerprint density at radius 1 is 1.36 bits per heavy atom. The number of aliphatic carboxylic acids is 2. The van der Waals surface area contributed by atoms with E-state index in [1.54, 1.807) is 6.07 Å². The molecule has 0 aliphatic heterocycles. The highest BCUT2D eigenvalue weighted by molar-refractivity contribution is 9.10. The molecule has 0 aromatic carbocycles. The largest absolute Gasteiger partial charge is 0.481 e. The highest BCUT2D eigenvalue weighted by atomic mass is 79.9. The van der Waals surface area contributed by atoms with Crippen molar-refractivity contribution >= 4 is 27.9 Å². The number of halogens is 1. The zero-order valence-electron chi connectivity index (χ0n) is 6.94. The summed E-state index contributed by atoms with van der Waals surface area (Å²) in [6, 6.07) is 3.11. The highest BCUT2D eigenvalue weighted by Gasteiger charge is 2.27. The van der Waals surface area contributed by atoms with Gasteiger partial charge in [-0.15, -0.1) is 0 Å². The summed E-state index contributed by atoms with van der Waals surface area (Å²) in [5.41, 5.74) is 0. The molecule has 0 saturated carbocycles. The van der Waals surface area contributed by atoms with Crippen LogP contribution in [0.5, 0.6) is 0 Å². The zero-order chi connectivity index (χ0) is 10.7. The van der Waals surface area contributed by atoms with Crippen LogP contribution in [0.15, 0.2) is 21.2 Å². The first kappa shape index (κ1) is 10.8. The van der Waals surface area contributed by atoms with Gasteiger partial charge in [0.2, 0.25) is 0 Å². The molecule has 0 bridgehead atoms. The first-order valence-electron chi connectivity index (χ1n) is 3.70. The van der Waals surface area contributed by atoms with Crippen molar-refractivity contribution in [3.8, 4) is 0 Å². The number of hydrogen-bond donors (Lipinski definition) is 2. The monoisotopic (exact) mass is 262 g/mol. The van der Waals surface area contributed by atoms with Crippen molar-refractivity contribution in [2.75, 3.05) is 0 Å². The fourth-order valence-corrected chi connectivity index (χ4v) is 1.28. The van der Waals surface area contributed by atoms with Crippen LogP contribution in [-0.2, 0) is 16.0 Å². The summed E-state index contributed by atoms with van der Waals surface area (Å²) in [6.45, 7) is 0. The second-order valence-corrected chi connectivity index (χ2v) is 3.42. The van der Waals surface area contributed by atoms with Gasteiger partial charge in [0.05, 0.1) is 0 Å². The molecule has 1 aromatic rings. The van der Waals surface area contributed by atoms with Gasteiger partial charge < -0.3 is 14.6 Å². The summed E-state index contributed by atoms with van der Waals surface area (Å²) >= 11 is 3.03. The van der Waals surface area contributed by atoms with E-state index in [1.165, 1.54) is 6.07 Å². The van der Waals surface area contributed by atoms with Crippen LogP contribution < -0.4 is 0 Å². The standard InChI is InChI=1S/C8H7BrO5/c9-6-2-1-4(14-6)3-5(7(10)11)8(12)13/h1-2,5H,3H2,(H,10,11)(H,12,13). The minimum absolute atomic E-state index is 0.156. The Morgan fingerprint density at radius 3 is 2.29 bits per heavy atom. The number of carboxylic acids is 2. The maximum Gasteiger partial charge on any atom is 0.318 e. The van der Waals surface area contributed by atoms with Gasteiger partial charge in [-0.3, -0.25) is 9.59 Å². The van der Waals surface area contributed by atoms with E-state index in [4.69, 9.17) is 14.6 Å². The van der Waals surface area contributed by atoms with Crippen molar-refractivity contribution < 1.29 is 24.2 Å². The summed E-state index contributed by atoms with van der Waals surface area (Å²) in [6.07, 6.45) is -0.156. The van der Waals surface area contributed by atoms with E-state index in [0.29, 0.717) is 10.4 Å². The maximum absolute atomic E-state index is 10.5. The van der Waals surface area contributed by atoms with Crippen molar-refractivity contribution in [2.45, 2.75) is 6.42 Å². The predicted octanol–water partition coefficient (Wildman–Crippen LogP) is 1.37. The van der Waals surface area contributed by atoms with Gasteiger partial charge in [0, 0.05) is 6.42 Å². The van der Waals surface area contributed by atoms with E-state index >= 15 is 0 Å². The van der Waals surface area contributed by atoms with Crippen molar-refractivity contribution in [3.05, 3.63) is 22.6 Å². The van der Waals surface area contributed by atoms with Crippen molar-refractivity contribution in [2.24, 2.45) is 5.92 Å². The summed E-state index contributed by atoms with van der Waals surface area (Å²) in [5.74, 6) is -3.88. The van der Waals surface area contributed by atoms with Crippen LogP contribution in [0.2, 0.25) is 0 Å². The first-order chi connectivity index (χ1) is 6.50. The molecule has 1 rings (SSSR count). The molecule has 0 atom stereocenters. The fourth-order valence-electron chi connectivity index (χ4n) is 0.943. The molecule has 14 heavy (non-hydrogen) atoms. The average molecular weight is 263 g/mol. The lowest BCUT2D eigenvalue weighted by atomic mass is 10.1. The summed E-state index contributed by atoms with van der Waals surface area (Å²) in [5, 5.41) is 17.2. The van der Waals surface area contributed by atoms with Crippen LogP contribution in [-0.4, -0.2) is 22.2 Å². The Balaban J connectivity index is 2.74. The lowest BCUT2D eigenvalue weighted by molar-refractivity contribution is -0.154. The molecule has 1 heterocycles. The summed E-state index contributed by atoms with van der Waals surface area (Å²) in [7, 11) is 0. The van der Waals surface area contributed by atoms with E-state index in [2.05, 4.69) is 15.9 Å². The number of furan rings is 1. The fraction of sp³-hybridized carbons (Fsp3) is 0.250. The molecule has 0 unspecified atom stereocenters. The minimum Gasteiger partial charge on any atom is -0.481 e. The summed E-state index contributed by atoms with van der Waals surface area (Å²) in [4.78, 5) is 21.0. The van der Waals surface area contributed by atoms with Gasteiger partial charge in [0.25, 0.3) is 0 Å². The van der Waals surface area contributed by atoms with E-state index in [-0.39, 0.29) is 6.42 Å². The van der Waals surface area contributed by atoms with Gasteiger partial charge >= 0.3 is 11.9 Å². The SMILES string of the molecule is O=C(O)C(Cc1ccc(Br)o1)C(=O)O. The Hall–Kier alpha value is -1.30. The zero-order valence-corrected chi connectivity index (χ0v) is 8.52. The molecule has 0 radical (unpaired) electrons. The molecule has 0 aliphatic rings. The topological polar surface area (TPSA) is 87.7 Å². The molecule has 2 N–H and O–H groups in total. The first-order valence-corrected chi connectivity index (χ1v) is 4.50. The molecular weight excluding hydrogens is 256 g/mol. The molecule has 0 saturated heterocycles. The normalized spacial score (nSPS) is 10.4. The summed E-state index contributed by atoms with van der Waals surface area (Å²) < 4.78 is 5.45. The lowest BCUT2D eigenvalue weighted by Crippen LogP contribution is -2.25. The van der Waals surface area contributed by atoms with Crippen molar-refractivity contribution in [1.29, 1.82) is 0 Å². The molecule has 5 nitrogen and oxygen atoms in total. The Morgan fingerprint density at radius 2 is 1.93 bits per heavy atom. The van der Waals surface area contributed by atoms with Gasteiger partial charge in [-0.2, -0.15) is 0 Å². The van der Waals surface area contributed by atoms with Gasteiger partial charge in [0.1, 0.15) is 5.76 Å². The third-order valence-electron chi connectivity index (χ3n) is 1.63. The minimum atomic E-state index is -1.46. The van der Waals surface area contributed by atoms with Gasteiger partial charge in [-0.05, 0) is 28.1 Å². The van der Waals surface area contributed by atoms with Gasteiger partial charge in [-0.25, -0.2) is 0 Å². The van der Waals surface area contributed by atoms with Crippen LogP contribution in [0.3, 0.4) is 0 Å².